The van der Waals surface area contributed by atoms with Crippen LogP contribution < -0.4 is 0 Å². The molecule has 0 saturated carbocycles. The number of hydrogen-bond donors (Lipinski definition) is 1. The van der Waals surface area contributed by atoms with Crippen molar-refractivity contribution >= 4 is 17.9 Å². The van der Waals surface area contributed by atoms with E-state index in [1.807, 2.05) is 0 Å². The molecule has 136 valence electrons. The molecule has 0 saturated heterocycles. The van der Waals surface area contributed by atoms with Gasteiger partial charge >= 0.3 is 17.9 Å². The van der Waals surface area contributed by atoms with Crippen LogP contribution in [0.1, 0.15) is 27.7 Å². The predicted octanol–water partition coefficient (Wildman–Crippen LogP) is -0.00480. The first kappa shape index (κ1) is 21.5. The maximum Gasteiger partial charge on any atom is 0.303 e. The number of esters is 3. The average molecular weight is 347 g/mol. The minimum Gasteiger partial charge on any atom is -0.462 e. The van der Waals surface area contributed by atoms with Crippen LogP contribution in [0.3, 0.4) is 0 Å². The fourth-order valence-electron chi connectivity index (χ4n) is 1.55. The van der Waals surface area contributed by atoms with Gasteiger partial charge in [0.2, 0.25) is 6.04 Å². The van der Waals surface area contributed by atoms with Gasteiger partial charge in [-0.3, -0.25) is 24.5 Å². The average Bonchev–Trinajstić information content (AvgIpc) is 2.45. The molecule has 10 heteroatoms. The van der Waals surface area contributed by atoms with E-state index < -0.39 is 53.8 Å². The van der Waals surface area contributed by atoms with E-state index in [9.17, 15) is 29.6 Å². The number of aliphatic hydroxyl groups is 1. The Morgan fingerprint density at radius 2 is 1.62 bits per heavy atom. The summed E-state index contributed by atoms with van der Waals surface area (Å²) in [5.74, 6) is -2.07. The van der Waals surface area contributed by atoms with E-state index in [4.69, 9.17) is 14.2 Å². The smallest absolute Gasteiger partial charge is 0.303 e. The Labute approximate surface area is 138 Å². The van der Waals surface area contributed by atoms with Crippen molar-refractivity contribution in [3.8, 4) is 0 Å². The van der Waals surface area contributed by atoms with Crippen LogP contribution in [0.15, 0.2) is 12.2 Å². The molecule has 0 fully saturated rings. The molecule has 4 atom stereocenters. The first-order valence-corrected chi connectivity index (χ1v) is 7.02. The Bertz CT molecular complexity index is 502. The van der Waals surface area contributed by atoms with Gasteiger partial charge < -0.3 is 19.3 Å². The summed E-state index contributed by atoms with van der Waals surface area (Å²) in [7, 11) is 0. The standard InChI is InChI=1S/C14H21NO9/c1-8(15(20)21)12(19)5-6-13(23-10(3)17)14(24-11(4)18)7-22-9(2)16/h5-6,8,12-14,19H,7H2,1-4H3/b6-5+/t8?,12?,13-,14+/m0/s1. The largest absolute Gasteiger partial charge is 0.462 e. The zero-order valence-corrected chi connectivity index (χ0v) is 13.8. The van der Waals surface area contributed by atoms with Gasteiger partial charge in [0.1, 0.15) is 12.7 Å². The lowest BCUT2D eigenvalue weighted by Gasteiger charge is -2.24. The van der Waals surface area contributed by atoms with Crippen molar-refractivity contribution in [1.82, 2.24) is 0 Å². The maximum atomic E-state index is 11.2. The lowest BCUT2D eigenvalue weighted by atomic mass is 10.1. The summed E-state index contributed by atoms with van der Waals surface area (Å²) in [5.41, 5.74) is 0. The second kappa shape index (κ2) is 10.3. The highest BCUT2D eigenvalue weighted by atomic mass is 16.6. The summed E-state index contributed by atoms with van der Waals surface area (Å²) in [6, 6.07) is -1.29. The normalized spacial score (nSPS) is 15.9. The second-order valence-corrected chi connectivity index (χ2v) is 4.93. The van der Waals surface area contributed by atoms with Crippen molar-refractivity contribution in [2.45, 2.75) is 52.0 Å². The van der Waals surface area contributed by atoms with Crippen molar-refractivity contribution in [3.05, 3.63) is 22.3 Å². The Morgan fingerprint density at radius 1 is 1.08 bits per heavy atom. The molecular weight excluding hydrogens is 326 g/mol. The molecule has 0 amide bonds. The molecule has 0 aliphatic carbocycles. The van der Waals surface area contributed by atoms with Crippen molar-refractivity contribution in [2.24, 2.45) is 0 Å². The summed E-state index contributed by atoms with van der Waals surface area (Å²) in [4.78, 5) is 43.2. The number of aliphatic hydroxyl groups excluding tert-OH is 1. The maximum absolute atomic E-state index is 11.2. The van der Waals surface area contributed by atoms with Gasteiger partial charge in [0.25, 0.3) is 0 Å². The van der Waals surface area contributed by atoms with E-state index in [1.165, 1.54) is 6.92 Å². The topological polar surface area (TPSA) is 142 Å². The minimum atomic E-state index is -1.45. The Kier molecular flexibility index (Phi) is 9.25. The molecule has 1 N–H and O–H groups in total. The third-order valence-electron chi connectivity index (χ3n) is 2.76. The SMILES string of the molecule is CC(=O)OC[C@@H](OC(C)=O)[C@H](/C=C/C(O)C(C)[N+](=O)[O-])OC(C)=O. The molecule has 2 unspecified atom stereocenters. The van der Waals surface area contributed by atoms with E-state index in [0.717, 1.165) is 32.9 Å². The van der Waals surface area contributed by atoms with Crippen LogP contribution in [0.25, 0.3) is 0 Å². The van der Waals surface area contributed by atoms with Crippen molar-refractivity contribution in [3.63, 3.8) is 0 Å². The van der Waals surface area contributed by atoms with Gasteiger partial charge in [0, 0.05) is 32.6 Å². The highest BCUT2D eigenvalue weighted by Gasteiger charge is 2.28. The Morgan fingerprint density at radius 3 is 2.04 bits per heavy atom. The molecule has 0 spiro atoms. The van der Waals surface area contributed by atoms with Gasteiger partial charge in [-0.1, -0.05) is 0 Å². The molecule has 0 radical (unpaired) electrons. The van der Waals surface area contributed by atoms with E-state index in [0.29, 0.717) is 0 Å². The Balaban J connectivity index is 5.26. The van der Waals surface area contributed by atoms with Crippen LogP contribution in [-0.2, 0) is 28.6 Å². The number of carbonyl (C=O) groups excluding carboxylic acids is 3. The van der Waals surface area contributed by atoms with Crippen LogP contribution in [0.2, 0.25) is 0 Å². The molecule has 0 bridgehead atoms. The quantitative estimate of drug-likeness (QED) is 0.200. The van der Waals surface area contributed by atoms with Gasteiger partial charge in [0.15, 0.2) is 12.2 Å². The van der Waals surface area contributed by atoms with Crippen LogP contribution in [0.4, 0.5) is 0 Å². The molecule has 24 heavy (non-hydrogen) atoms. The van der Waals surface area contributed by atoms with Gasteiger partial charge in [-0.25, -0.2) is 0 Å². The molecule has 0 aromatic rings. The number of ether oxygens (including phenoxy) is 3. The van der Waals surface area contributed by atoms with Crippen LogP contribution in [0, 0.1) is 10.1 Å². The molecule has 0 aromatic heterocycles. The summed E-state index contributed by atoms with van der Waals surface area (Å²) >= 11 is 0. The van der Waals surface area contributed by atoms with Gasteiger partial charge in [-0.05, 0) is 12.2 Å². The number of nitrogens with zero attached hydrogens (tertiary/aromatic N) is 1. The summed E-state index contributed by atoms with van der Waals surface area (Å²) in [6.07, 6.45) is -1.62. The van der Waals surface area contributed by atoms with E-state index in [-0.39, 0.29) is 0 Å². The molecule has 0 rings (SSSR count). The fraction of sp³-hybridized carbons (Fsp3) is 0.643. The summed E-state index contributed by atoms with van der Waals surface area (Å²) in [5, 5.41) is 20.3. The van der Waals surface area contributed by atoms with Crippen molar-refractivity contribution in [2.75, 3.05) is 6.61 Å². The lowest BCUT2D eigenvalue weighted by molar-refractivity contribution is -0.527. The monoisotopic (exact) mass is 347 g/mol. The molecule has 0 aliphatic heterocycles. The molecule has 10 nitrogen and oxygen atoms in total. The predicted molar refractivity (Wildman–Crippen MR) is 79.3 cm³/mol. The van der Waals surface area contributed by atoms with Crippen molar-refractivity contribution < 1.29 is 38.6 Å². The zero-order chi connectivity index (χ0) is 18.9. The third-order valence-corrected chi connectivity index (χ3v) is 2.76. The van der Waals surface area contributed by atoms with E-state index in [2.05, 4.69) is 0 Å². The van der Waals surface area contributed by atoms with E-state index >= 15 is 0 Å². The first-order valence-electron chi connectivity index (χ1n) is 7.02. The number of hydrogen-bond acceptors (Lipinski definition) is 9. The molecule has 0 heterocycles. The summed E-state index contributed by atoms with van der Waals surface area (Å²) in [6.45, 7) is 4.16. The van der Waals surface area contributed by atoms with Crippen LogP contribution in [0.5, 0.6) is 0 Å². The highest BCUT2D eigenvalue weighted by Crippen LogP contribution is 2.11. The first-order chi connectivity index (χ1) is 11.0. The minimum absolute atomic E-state index is 0.391. The summed E-state index contributed by atoms with van der Waals surface area (Å²) < 4.78 is 14.7. The Hall–Kier alpha value is -2.49. The molecule has 0 aromatic carbocycles. The van der Waals surface area contributed by atoms with Gasteiger partial charge in [-0.15, -0.1) is 0 Å². The molecular formula is C14H21NO9. The van der Waals surface area contributed by atoms with Gasteiger partial charge in [0.05, 0.1) is 0 Å². The molecule has 0 aliphatic rings. The van der Waals surface area contributed by atoms with Crippen molar-refractivity contribution in [1.29, 1.82) is 0 Å². The fourth-order valence-corrected chi connectivity index (χ4v) is 1.55. The number of rotatable bonds is 9. The van der Waals surface area contributed by atoms with E-state index in [1.54, 1.807) is 0 Å². The van der Waals surface area contributed by atoms with Crippen LogP contribution >= 0.6 is 0 Å². The zero-order valence-electron chi connectivity index (χ0n) is 13.8. The van der Waals surface area contributed by atoms with Gasteiger partial charge in [-0.2, -0.15) is 0 Å². The lowest BCUT2D eigenvalue weighted by Crippen LogP contribution is -2.38. The second-order valence-electron chi connectivity index (χ2n) is 4.93. The number of carbonyl (C=O) groups is 3. The van der Waals surface area contributed by atoms with Crippen LogP contribution in [-0.4, -0.2) is 58.9 Å². The number of nitro groups is 1. The third kappa shape index (κ3) is 8.83. The highest BCUT2D eigenvalue weighted by molar-refractivity contribution is 5.68.